The molecule has 0 unspecified atom stereocenters. The summed E-state index contributed by atoms with van der Waals surface area (Å²) in [5.41, 5.74) is 2.97. The number of aromatic hydroxyl groups is 1. The van der Waals surface area contributed by atoms with Crippen LogP contribution in [0.1, 0.15) is 5.56 Å². The molecule has 17 heavy (non-hydrogen) atoms. The lowest BCUT2D eigenvalue weighted by molar-refractivity contribution is 0.475. The van der Waals surface area contributed by atoms with Gasteiger partial charge in [-0.2, -0.15) is 0 Å². The Morgan fingerprint density at radius 1 is 1.00 bits per heavy atom. The Bertz CT molecular complexity index is 680. The van der Waals surface area contributed by atoms with Crippen molar-refractivity contribution in [3.63, 3.8) is 0 Å². The third-order valence-electron chi connectivity index (χ3n) is 2.80. The Kier molecular flexibility index (Phi) is 2.15. The summed E-state index contributed by atoms with van der Waals surface area (Å²) in [5.74, 6) is 1.03. The number of furan rings is 1. The van der Waals surface area contributed by atoms with E-state index >= 15 is 0 Å². The second kappa shape index (κ2) is 3.67. The number of rotatable bonds is 1. The van der Waals surface area contributed by atoms with Crippen LogP contribution >= 0.6 is 0 Å². The van der Waals surface area contributed by atoms with E-state index in [1.54, 1.807) is 12.1 Å². The van der Waals surface area contributed by atoms with Gasteiger partial charge in [-0.15, -0.1) is 0 Å². The second-order valence-electron chi connectivity index (χ2n) is 4.20. The lowest BCUT2D eigenvalue weighted by Crippen LogP contribution is -1.71. The predicted molar refractivity (Wildman–Crippen MR) is 68.1 cm³/mol. The first-order valence-electron chi connectivity index (χ1n) is 5.52. The Labute approximate surface area is 99.1 Å². The zero-order chi connectivity index (χ0) is 11.8. The van der Waals surface area contributed by atoms with Crippen molar-refractivity contribution in [1.29, 1.82) is 0 Å². The number of aryl methyl sites for hydroxylation is 1. The van der Waals surface area contributed by atoms with Crippen LogP contribution in [0, 0.1) is 6.92 Å². The standard InChI is InChI=1S/C15H12O2/c1-10-5-6-14-12(7-10)9-15(17-14)11-3-2-4-13(16)8-11/h2-9,16H,1H3. The van der Waals surface area contributed by atoms with Gasteiger partial charge >= 0.3 is 0 Å². The van der Waals surface area contributed by atoms with E-state index < -0.39 is 0 Å². The van der Waals surface area contributed by atoms with Gasteiger partial charge in [0.05, 0.1) is 0 Å². The van der Waals surface area contributed by atoms with E-state index in [0.717, 1.165) is 22.3 Å². The molecule has 1 heterocycles. The van der Waals surface area contributed by atoms with Crippen LogP contribution in [-0.2, 0) is 0 Å². The molecule has 0 amide bonds. The molecule has 0 spiro atoms. The largest absolute Gasteiger partial charge is 0.508 e. The lowest BCUT2D eigenvalue weighted by atomic mass is 10.1. The molecule has 84 valence electrons. The molecule has 0 radical (unpaired) electrons. The lowest BCUT2D eigenvalue weighted by Gasteiger charge is -1.96. The van der Waals surface area contributed by atoms with Crippen molar-refractivity contribution in [3.8, 4) is 17.1 Å². The van der Waals surface area contributed by atoms with E-state index in [1.165, 1.54) is 5.56 Å². The minimum absolute atomic E-state index is 0.249. The van der Waals surface area contributed by atoms with Gasteiger partial charge in [-0.3, -0.25) is 0 Å². The van der Waals surface area contributed by atoms with Crippen LogP contribution in [-0.4, -0.2) is 5.11 Å². The fourth-order valence-corrected chi connectivity index (χ4v) is 1.96. The maximum Gasteiger partial charge on any atom is 0.135 e. The van der Waals surface area contributed by atoms with Gasteiger partial charge in [0.1, 0.15) is 17.1 Å². The highest BCUT2D eigenvalue weighted by atomic mass is 16.3. The summed E-state index contributed by atoms with van der Waals surface area (Å²) in [4.78, 5) is 0. The van der Waals surface area contributed by atoms with Gasteiger partial charge in [0, 0.05) is 10.9 Å². The van der Waals surface area contributed by atoms with Gasteiger partial charge in [0.15, 0.2) is 0 Å². The van der Waals surface area contributed by atoms with Crippen LogP contribution in [0.5, 0.6) is 5.75 Å². The Balaban J connectivity index is 2.18. The maximum atomic E-state index is 9.45. The van der Waals surface area contributed by atoms with Gasteiger partial charge in [-0.1, -0.05) is 23.8 Å². The quantitative estimate of drug-likeness (QED) is 0.674. The maximum absolute atomic E-state index is 9.45. The summed E-state index contributed by atoms with van der Waals surface area (Å²) in [5, 5.41) is 10.5. The molecule has 2 heteroatoms. The SMILES string of the molecule is Cc1ccc2oc(-c3cccc(O)c3)cc2c1. The zero-order valence-corrected chi connectivity index (χ0v) is 9.47. The van der Waals surface area contributed by atoms with E-state index in [4.69, 9.17) is 4.42 Å². The van der Waals surface area contributed by atoms with Gasteiger partial charge < -0.3 is 9.52 Å². The van der Waals surface area contributed by atoms with E-state index in [9.17, 15) is 5.11 Å². The predicted octanol–water partition coefficient (Wildman–Crippen LogP) is 4.11. The number of phenolic OH excluding ortho intramolecular Hbond substituents is 1. The van der Waals surface area contributed by atoms with Crippen molar-refractivity contribution < 1.29 is 9.52 Å². The van der Waals surface area contributed by atoms with Crippen molar-refractivity contribution in [2.45, 2.75) is 6.92 Å². The summed E-state index contributed by atoms with van der Waals surface area (Å²) in [7, 11) is 0. The van der Waals surface area contributed by atoms with Crippen molar-refractivity contribution >= 4 is 11.0 Å². The average Bonchev–Trinajstić information content (AvgIpc) is 2.72. The van der Waals surface area contributed by atoms with E-state index in [2.05, 4.69) is 13.0 Å². The van der Waals surface area contributed by atoms with Crippen molar-refractivity contribution in [2.24, 2.45) is 0 Å². The molecule has 1 aromatic heterocycles. The summed E-state index contributed by atoms with van der Waals surface area (Å²) in [6.45, 7) is 2.06. The smallest absolute Gasteiger partial charge is 0.135 e. The van der Waals surface area contributed by atoms with E-state index in [1.807, 2.05) is 30.3 Å². The molecule has 0 saturated carbocycles. The highest BCUT2D eigenvalue weighted by Crippen LogP contribution is 2.29. The Morgan fingerprint density at radius 3 is 2.71 bits per heavy atom. The topological polar surface area (TPSA) is 33.4 Å². The molecule has 0 fully saturated rings. The molecular weight excluding hydrogens is 212 g/mol. The van der Waals surface area contributed by atoms with Crippen molar-refractivity contribution in [2.75, 3.05) is 0 Å². The molecule has 0 saturated heterocycles. The zero-order valence-electron chi connectivity index (χ0n) is 9.47. The number of phenols is 1. The molecule has 3 aromatic rings. The molecule has 0 atom stereocenters. The van der Waals surface area contributed by atoms with E-state index in [0.29, 0.717) is 0 Å². The molecule has 2 aromatic carbocycles. The number of hydrogen-bond donors (Lipinski definition) is 1. The molecule has 1 N–H and O–H groups in total. The summed E-state index contributed by atoms with van der Waals surface area (Å²) >= 11 is 0. The summed E-state index contributed by atoms with van der Waals surface area (Å²) < 4.78 is 5.75. The molecule has 0 aliphatic rings. The molecule has 3 rings (SSSR count). The number of fused-ring (bicyclic) bond motifs is 1. The summed E-state index contributed by atoms with van der Waals surface area (Å²) in [6, 6.07) is 15.2. The first kappa shape index (κ1) is 9.97. The van der Waals surface area contributed by atoms with Crippen LogP contribution < -0.4 is 0 Å². The van der Waals surface area contributed by atoms with Gasteiger partial charge in [-0.25, -0.2) is 0 Å². The first-order valence-corrected chi connectivity index (χ1v) is 5.52. The Morgan fingerprint density at radius 2 is 1.88 bits per heavy atom. The molecule has 0 aliphatic heterocycles. The van der Waals surface area contributed by atoms with Crippen LogP contribution in [0.15, 0.2) is 52.9 Å². The molecule has 0 bridgehead atoms. The normalized spacial score (nSPS) is 10.9. The van der Waals surface area contributed by atoms with E-state index in [-0.39, 0.29) is 5.75 Å². The third kappa shape index (κ3) is 1.78. The molecule has 0 aliphatic carbocycles. The van der Waals surface area contributed by atoms with Crippen molar-refractivity contribution in [3.05, 3.63) is 54.1 Å². The van der Waals surface area contributed by atoms with Gasteiger partial charge in [0.25, 0.3) is 0 Å². The van der Waals surface area contributed by atoms with Crippen LogP contribution in [0.25, 0.3) is 22.3 Å². The minimum Gasteiger partial charge on any atom is -0.508 e. The number of benzene rings is 2. The molecule has 2 nitrogen and oxygen atoms in total. The fourth-order valence-electron chi connectivity index (χ4n) is 1.96. The van der Waals surface area contributed by atoms with Crippen LogP contribution in [0.4, 0.5) is 0 Å². The first-order chi connectivity index (χ1) is 8.22. The monoisotopic (exact) mass is 224 g/mol. The molecular formula is C15H12O2. The fraction of sp³-hybridized carbons (Fsp3) is 0.0667. The highest BCUT2D eigenvalue weighted by Gasteiger charge is 2.06. The minimum atomic E-state index is 0.249. The number of hydrogen-bond acceptors (Lipinski definition) is 2. The second-order valence-corrected chi connectivity index (χ2v) is 4.20. The van der Waals surface area contributed by atoms with Gasteiger partial charge in [0.2, 0.25) is 0 Å². The van der Waals surface area contributed by atoms with Gasteiger partial charge in [-0.05, 0) is 37.3 Å². The van der Waals surface area contributed by atoms with Crippen LogP contribution in [0.2, 0.25) is 0 Å². The Hall–Kier alpha value is -2.22. The third-order valence-corrected chi connectivity index (χ3v) is 2.80. The highest BCUT2D eigenvalue weighted by molar-refractivity contribution is 5.83. The van der Waals surface area contributed by atoms with Crippen molar-refractivity contribution in [1.82, 2.24) is 0 Å². The average molecular weight is 224 g/mol. The summed E-state index contributed by atoms with van der Waals surface area (Å²) in [6.07, 6.45) is 0. The van der Waals surface area contributed by atoms with Crippen LogP contribution in [0.3, 0.4) is 0 Å².